The molecule has 0 amide bonds. The predicted octanol–water partition coefficient (Wildman–Crippen LogP) is 15.7. The average molecular weight is 966 g/mol. The summed E-state index contributed by atoms with van der Waals surface area (Å²) in [5, 5.41) is 16.1. The molecule has 4 bridgehead atoms. The topological polar surface area (TPSA) is 35.3 Å². The third-order valence-corrected chi connectivity index (χ3v) is 16.1. The molecule has 1 aromatic heterocycles. The first-order valence-electron chi connectivity index (χ1n) is 26.1. The number of hydrogen-bond donors (Lipinski definition) is 1. The molecule has 15 rings (SSSR count). The molecule has 358 valence electrons. The van der Waals surface area contributed by atoms with Crippen LogP contribution in [0.3, 0.4) is 0 Å². The van der Waals surface area contributed by atoms with Gasteiger partial charge in [0.05, 0.1) is 33.3 Å². The van der Waals surface area contributed by atoms with Gasteiger partial charge in [-0.15, -0.1) is 0 Å². The van der Waals surface area contributed by atoms with Crippen molar-refractivity contribution in [1.82, 2.24) is 9.88 Å². The van der Waals surface area contributed by atoms with Gasteiger partial charge >= 0.3 is 5.84 Å². The van der Waals surface area contributed by atoms with E-state index >= 15 is 0 Å². The Morgan fingerprint density at radius 2 is 1.03 bits per heavy atom. The number of amidine groups is 1. The van der Waals surface area contributed by atoms with Crippen molar-refractivity contribution in [3.8, 4) is 0 Å². The number of fused-ring (bicyclic) bond motifs is 16. The van der Waals surface area contributed by atoms with Crippen molar-refractivity contribution in [3.63, 3.8) is 0 Å². The highest BCUT2D eigenvalue weighted by Gasteiger charge is 2.47. The molecule has 0 spiro atoms. The fraction of sp³-hybridized carbons (Fsp3) is 0.100. The lowest BCUT2D eigenvalue weighted by molar-refractivity contribution is -0.440. The van der Waals surface area contributed by atoms with E-state index in [-0.39, 0.29) is 6.17 Å². The highest BCUT2D eigenvalue weighted by Crippen LogP contribution is 2.47. The molecule has 11 aromatic rings. The van der Waals surface area contributed by atoms with E-state index in [1.54, 1.807) is 0 Å². The lowest BCUT2D eigenvalue weighted by Crippen LogP contribution is -2.47. The van der Waals surface area contributed by atoms with E-state index in [4.69, 9.17) is 4.99 Å². The molecule has 5 nitrogen and oxygen atoms in total. The van der Waals surface area contributed by atoms with E-state index in [0.717, 1.165) is 50.8 Å². The summed E-state index contributed by atoms with van der Waals surface area (Å²) in [6.45, 7) is 8.79. The lowest BCUT2D eigenvalue weighted by Gasteiger charge is -2.29. The second kappa shape index (κ2) is 17.2. The van der Waals surface area contributed by atoms with Crippen LogP contribution in [-0.4, -0.2) is 44.2 Å². The van der Waals surface area contributed by atoms with Crippen molar-refractivity contribution in [2.45, 2.75) is 33.9 Å². The molecule has 0 fully saturated rings. The van der Waals surface area contributed by atoms with Gasteiger partial charge in [0, 0.05) is 40.9 Å². The van der Waals surface area contributed by atoms with E-state index in [0.29, 0.717) is 0 Å². The van der Waals surface area contributed by atoms with Crippen LogP contribution in [0.1, 0.15) is 64.0 Å². The Morgan fingerprint density at radius 3 is 1.65 bits per heavy atom. The van der Waals surface area contributed by atoms with Gasteiger partial charge in [0.15, 0.2) is 6.17 Å². The van der Waals surface area contributed by atoms with Gasteiger partial charge in [-0.1, -0.05) is 175 Å². The number of rotatable bonds is 2. The van der Waals surface area contributed by atoms with E-state index in [1.807, 2.05) is 18.2 Å². The molecule has 75 heavy (non-hydrogen) atoms. The van der Waals surface area contributed by atoms with Crippen LogP contribution in [0.4, 0.5) is 5.82 Å². The zero-order valence-electron chi connectivity index (χ0n) is 43.1. The van der Waals surface area contributed by atoms with Crippen molar-refractivity contribution in [3.05, 3.63) is 274 Å². The summed E-state index contributed by atoms with van der Waals surface area (Å²) in [6, 6.07) is 75.7. The zero-order chi connectivity index (χ0) is 50.6. The predicted molar refractivity (Wildman–Crippen MR) is 315 cm³/mol. The van der Waals surface area contributed by atoms with Gasteiger partial charge < -0.3 is 9.88 Å². The molecule has 0 radical (unpaired) electrons. The maximum atomic E-state index is 6.08. The van der Waals surface area contributed by atoms with Crippen LogP contribution in [0.25, 0.3) is 70.7 Å². The van der Waals surface area contributed by atoms with Gasteiger partial charge in [-0.3, -0.25) is 0 Å². The standard InChI is InChI=1S/C63H46N5.C7H8/c1-36-15-14-24-48(27-36)57-59-51-30-42-19-9-8-18-41(42)29-50(51)56(66(59)4)35-49(47-26-25-39-16-6-7-17-40(39)28-47)62-64-38(3)37(2)58-52-31-43-20-10-13-23-46(43)34-55(52)63(68(58)62)65-61-54-33-45-22-12-11-21-44(45)32-53(54)60(57)67(61)5;1-7-5-3-2-4-6-7/h6-35,62H,1-5H3;2-6H,1H3/q+1;/p+1/b49-35-;. The lowest BCUT2D eigenvalue weighted by atomic mass is 9.90. The summed E-state index contributed by atoms with van der Waals surface area (Å²) in [6.07, 6.45) is 2.16. The Balaban J connectivity index is 0.000000685. The summed E-state index contributed by atoms with van der Waals surface area (Å²) in [5.41, 5.74) is 18.9. The second-order valence-corrected chi connectivity index (χ2v) is 20.8. The molecule has 4 aliphatic heterocycles. The minimum Gasteiger partial charge on any atom is -0.346 e. The molecule has 4 aliphatic rings. The van der Waals surface area contributed by atoms with Crippen molar-refractivity contribution in [2.24, 2.45) is 12.0 Å². The number of hydrogen-bond acceptors (Lipinski definition) is 2. The third-order valence-electron chi connectivity index (χ3n) is 16.1. The molecule has 1 N–H and O–H groups in total. The number of aromatic nitrogens is 1. The number of benzene rings is 10. The average Bonchev–Trinajstić information content (AvgIpc) is 4.11. The minimum absolute atomic E-state index is 0.328. The Morgan fingerprint density at radius 1 is 0.480 bits per heavy atom. The third kappa shape index (κ3) is 7.10. The van der Waals surface area contributed by atoms with Crippen LogP contribution in [-0.2, 0) is 7.05 Å². The van der Waals surface area contributed by atoms with E-state index in [1.165, 1.54) is 104 Å². The zero-order valence-corrected chi connectivity index (χ0v) is 43.1. The van der Waals surface area contributed by atoms with Crippen LogP contribution in [0.2, 0.25) is 0 Å². The maximum absolute atomic E-state index is 6.08. The van der Waals surface area contributed by atoms with Gasteiger partial charge in [-0.25, -0.2) is 0 Å². The quantitative estimate of drug-likeness (QED) is 0.172. The number of nitrogens with one attached hydrogen (secondary N) is 1. The summed E-state index contributed by atoms with van der Waals surface area (Å²) < 4.78 is 7.40. The van der Waals surface area contributed by atoms with Crippen LogP contribution in [0.15, 0.2) is 229 Å². The summed E-state index contributed by atoms with van der Waals surface area (Å²) in [4.78, 5) is 6.08. The highest BCUT2D eigenvalue weighted by atomic mass is 15.3. The van der Waals surface area contributed by atoms with Crippen LogP contribution >= 0.6 is 0 Å². The molecule has 1 atom stereocenters. The molecular weight excluding hydrogens is 911 g/mol. The molecule has 0 saturated carbocycles. The van der Waals surface area contributed by atoms with Gasteiger partial charge in [0.2, 0.25) is 11.4 Å². The van der Waals surface area contributed by atoms with Crippen LogP contribution < -0.4 is 5.32 Å². The first-order valence-corrected chi connectivity index (χ1v) is 26.1. The van der Waals surface area contributed by atoms with Crippen molar-refractivity contribution in [2.75, 3.05) is 7.05 Å². The Labute approximate surface area is 437 Å². The first-order chi connectivity index (χ1) is 36.7. The Kier molecular flexibility index (Phi) is 10.2. The van der Waals surface area contributed by atoms with Gasteiger partial charge in [-0.05, 0) is 129 Å². The number of nitrogens with zero attached hydrogens (tertiary/aromatic N) is 4. The molecule has 0 aliphatic carbocycles. The van der Waals surface area contributed by atoms with Gasteiger partial charge in [0.25, 0.3) is 5.82 Å². The highest BCUT2D eigenvalue weighted by molar-refractivity contribution is 6.26. The van der Waals surface area contributed by atoms with Gasteiger partial charge in [-0.2, -0.15) is 9.15 Å². The van der Waals surface area contributed by atoms with E-state index in [2.05, 4.69) is 255 Å². The van der Waals surface area contributed by atoms with Crippen molar-refractivity contribution >= 4 is 93.8 Å². The Bertz CT molecular complexity index is 4490. The summed E-state index contributed by atoms with van der Waals surface area (Å²) >= 11 is 0. The normalized spacial score (nSPS) is 18.1. The fourth-order valence-electron chi connectivity index (χ4n) is 12.3. The number of allylic oxidation sites excluding steroid dienone is 3. The van der Waals surface area contributed by atoms with E-state index < -0.39 is 0 Å². The minimum atomic E-state index is -0.328. The monoisotopic (exact) mass is 965 g/mol. The first kappa shape index (κ1) is 44.5. The molecular formula is C70H55N5+2. The molecule has 1 unspecified atom stereocenters. The van der Waals surface area contributed by atoms with Crippen molar-refractivity contribution in [1.29, 1.82) is 0 Å². The fourth-order valence-corrected chi connectivity index (χ4v) is 12.3. The molecule has 5 heterocycles. The SMILES string of the molecule is CC1=C(C)C2=[N+]3/C(=N\c4c5cc6ccccc6cc5c(n4C)\C(c4cccc(C)c4)=C4c5cc6ccccc6cc5C(=[N+]\4C)/C=C(/c4ccc5ccccc5c4)C3N1)c1cc3ccccc3cc12.Cc1ccccc1. The van der Waals surface area contributed by atoms with Crippen LogP contribution in [0, 0.1) is 13.8 Å². The summed E-state index contributed by atoms with van der Waals surface area (Å²) in [5.74, 6) is 1.85. The number of aryl methyl sites for hydroxylation is 2. The second-order valence-electron chi connectivity index (χ2n) is 20.8. The maximum Gasteiger partial charge on any atom is 0.336 e. The molecule has 10 aromatic carbocycles. The smallest absolute Gasteiger partial charge is 0.336 e. The Hall–Kier alpha value is -9.19. The molecule has 0 saturated heterocycles. The van der Waals surface area contributed by atoms with Crippen molar-refractivity contribution < 1.29 is 9.15 Å². The van der Waals surface area contributed by atoms with E-state index in [9.17, 15) is 0 Å². The molecule has 5 heteroatoms. The largest absolute Gasteiger partial charge is 0.346 e. The number of aliphatic imine (C=N–C) groups is 1. The van der Waals surface area contributed by atoms with Crippen LogP contribution in [0.5, 0.6) is 0 Å². The summed E-state index contributed by atoms with van der Waals surface area (Å²) in [7, 11) is 4.51. The van der Waals surface area contributed by atoms with Gasteiger partial charge in [0.1, 0.15) is 12.8 Å².